The van der Waals surface area contributed by atoms with Crippen LogP contribution in [0.5, 0.6) is 11.5 Å². The third kappa shape index (κ3) is 5.38. The fourth-order valence-electron chi connectivity index (χ4n) is 3.62. The van der Waals surface area contributed by atoms with Gasteiger partial charge in [-0.05, 0) is 63.6 Å². The number of benzene rings is 1. The van der Waals surface area contributed by atoms with E-state index in [4.69, 9.17) is 14.3 Å². The minimum absolute atomic E-state index is 0.102. The molecule has 0 spiro atoms. The van der Waals surface area contributed by atoms with Crippen LogP contribution in [0.25, 0.3) is 0 Å². The van der Waals surface area contributed by atoms with Gasteiger partial charge in [-0.2, -0.15) is 0 Å². The highest BCUT2D eigenvalue weighted by Crippen LogP contribution is 2.32. The lowest BCUT2D eigenvalue weighted by atomic mass is 10.1. The van der Waals surface area contributed by atoms with Crippen LogP contribution in [-0.2, 0) is 9.63 Å². The highest BCUT2D eigenvalue weighted by atomic mass is 16.6. The van der Waals surface area contributed by atoms with Gasteiger partial charge in [0.05, 0.1) is 25.0 Å². The van der Waals surface area contributed by atoms with Crippen molar-refractivity contribution in [3.8, 4) is 11.5 Å². The van der Waals surface area contributed by atoms with Gasteiger partial charge in [0.15, 0.2) is 18.1 Å². The molecule has 3 rings (SSSR count). The molecule has 154 valence electrons. The van der Waals surface area contributed by atoms with Crippen molar-refractivity contribution >= 4 is 11.6 Å². The first-order valence-corrected chi connectivity index (χ1v) is 10.0. The van der Waals surface area contributed by atoms with Crippen molar-refractivity contribution in [1.29, 1.82) is 0 Å². The molecule has 0 bridgehead atoms. The molecule has 0 aromatic heterocycles. The monoisotopic (exact) mass is 390 g/mol. The molecule has 1 aromatic rings. The first kappa shape index (κ1) is 20.5. The van der Waals surface area contributed by atoms with Crippen LogP contribution >= 0.6 is 0 Å². The summed E-state index contributed by atoms with van der Waals surface area (Å²) >= 11 is 0. The Labute approximate surface area is 166 Å². The molecule has 28 heavy (non-hydrogen) atoms. The summed E-state index contributed by atoms with van der Waals surface area (Å²) in [6.07, 6.45) is 5.70. The number of carbonyl (C=O) groups is 1. The Kier molecular flexibility index (Phi) is 7.14. The molecule has 1 saturated heterocycles. The van der Waals surface area contributed by atoms with Crippen molar-refractivity contribution in [2.24, 2.45) is 5.16 Å². The SMILES string of the molecule is COc1ccc(/C(C)=N\OCC(=O)N2CCC(O)CC2)cc1OC1CCCC1. The molecule has 1 aromatic carbocycles. The Balaban J connectivity index is 1.57. The summed E-state index contributed by atoms with van der Waals surface area (Å²) in [6, 6.07) is 5.67. The number of rotatable bonds is 7. The molecule has 1 aliphatic carbocycles. The smallest absolute Gasteiger partial charge is 0.263 e. The standard InChI is InChI=1S/C21H30N2O5/c1-15(22-27-14-21(25)23-11-9-17(24)10-12-23)16-7-8-19(26-2)20(13-16)28-18-5-3-4-6-18/h7-8,13,17-18,24H,3-6,9-12,14H2,1-2H3/b22-15-. The third-order valence-corrected chi connectivity index (χ3v) is 5.38. The lowest BCUT2D eigenvalue weighted by molar-refractivity contribution is -0.138. The van der Waals surface area contributed by atoms with Gasteiger partial charge in [-0.25, -0.2) is 0 Å². The summed E-state index contributed by atoms with van der Waals surface area (Å²) in [7, 11) is 1.63. The van der Waals surface area contributed by atoms with E-state index in [0.29, 0.717) is 43.1 Å². The quantitative estimate of drug-likeness (QED) is 0.572. The van der Waals surface area contributed by atoms with Crippen molar-refractivity contribution in [1.82, 2.24) is 4.90 Å². The molecular weight excluding hydrogens is 360 g/mol. The summed E-state index contributed by atoms with van der Waals surface area (Å²) in [5.41, 5.74) is 1.53. The highest BCUT2D eigenvalue weighted by Gasteiger charge is 2.22. The van der Waals surface area contributed by atoms with Gasteiger partial charge in [0.25, 0.3) is 5.91 Å². The summed E-state index contributed by atoms with van der Waals surface area (Å²) in [5.74, 6) is 1.31. The van der Waals surface area contributed by atoms with E-state index in [1.165, 1.54) is 12.8 Å². The number of likely N-dealkylation sites (tertiary alicyclic amines) is 1. The number of ether oxygens (including phenoxy) is 2. The predicted molar refractivity (Wildman–Crippen MR) is 106 cm³/mol. The maximum atomic E-state index is 12.2. The summed E-state index contributed by atoms with van der Waals surface area (Å²) in [6.45, 7) is 2.86. The summed E-state index contributed by atoms with van der Waals surface area (Å²) < 4.78 is 11.5. The second kappa shape index (κ2) is 9.78. The molecule has 7 heteroatoms. The molecule has 0 unspecified atom stereocenters. The van der Waals surface area contributed by atoms with Crippen LogP contribution in [0.4, 0.5) is 0 Å². The van der Waals surface area contributed by atoms with Crippen molar-refractivity contribution in [3.05, 3.63) is 23.8 Å². The molecule has 1 heterocycles. The topological polar surface area (TPSA) is 80.6 Å². The van der Waals surface area contributed by atoms with Gasteiger partial charge >= 0.3 is 0 Å². The summed E-state index contributed by atoms with van der Waals surface area (Å²) in [4.78, 5) is 19.2. The maximum Gasteiger partial charge on any atom is 0.263 e. The van der Waals surface area contributed by atoms with Gasteiger partial charge in [-0.3, -0.25) is 4.79 Å². The van der Waals surface area contributed by atoms with Crippen LogP contribution in [0.15, 0.2) is 23.4 Å². The number of oxime groups is 1. The molecule has 2 fully saturated rings. The fraction of sp³-hybridized carbons (Fsp3) is 0.619. The van der Waals surface area contributed by atoms with E-state index in [9.17, 15) is 9.90 Å². The van der Waals surface area contributed by atoms with Crippen molar-refractivity contribution in [2.75, 3.05) is 26.8 Å². The van der Waals surface area contributed by atoms with Gasteiger partial charge in [-0.15, -0.1) is 0 Å². The predicted octanol–water partition coefficient (Wildman–Crippen LogP) is 2.74. The average Bonchev–Trinajstić information content (AvgIpc) is 3.21. The van der Waals surface area contributed by atoms with Crippen molar-refractivity contribution < 1.29 is 24.2 Å². The minimum atomic E-state index is -0.305. The zero-order valence-corrected chi connectivity index (χ0v) is 16.7. The molecular formula is C21H30N2O5. The van der Waals surface area contributed by atoms with Gasteiger partial charge < -0.3 is 24.3 Å². The molecule has 1 N–H and O–H groups in total. The zero-order chi connectivity index (χ0) is 19.9. The normalized spacial score (nSPS) is 19.0. The van der Waals surface area contributed by atoms with Crippen LogP contribution in [0.2, 0.25) is 0 Å². The van der Waals surface area contributed by atoms with E-state index < -0.39 is 0 Å². The van der Waals surface area contributed by atoms with Gasteiger partial charge in [0.2, 0.25) is 0 Å². The number of piperidine rings is 1. The van der Waals surface area contributed by atoms with E-state index in [1.807, 2.05) is 25.1 Å². The van der Waals surface area contributed by atoms with Gasteiger partial charge in [0, 0.05) is 18.7 Å². The minimum Gasteiger partial charge on any atom is -0.493 e. The first-order chi connectivity index (χ1) is 13.6. The van der Waals surface area contributed by atoms with E-state index >= 15 is 0 Å². The number of aliphatic hydroxyl groups excluding tert-OH is 1. The fourth-order valence-corrected chi connectivity index (χ4v) is 3.62. The van der Waals surface area contributed by atoms with E-state index in [2.05, 4.69) is 5.16 Å². The molecule has 2 aliphatic rings. The lowest BCUT2D eigenvalue weighted by Gasteiger charge is -2.29. The molecule has 7 nitrogen and oxygen atoms in total. The van der Waals surface area contributed by atoms with Crippen LogP contribution < -0.4 is 9.47 Å². The number of amides is 1. The van der Waals surface area contributed by atoms with Crippen molar-refractivity contribution in [3.63, 3.8) is 0 Å². The number of methoxy groups -OCH3 is 1. The molecule has 1 saturated carbocycles. The first-order valence-electron chi connectivity index (χ1n) is 10.0. The Morgan fingerprint density at radius 2 is 1.89 bits per heavy atom. The van der Waals surface area contributed by atoms with E-state index in [1.54, 1.807) is 12.0 Å². The molecule has 1 aliphatic heterocycles. The Hall–Kier alpha value is -2.28. The molecule has 0 atom stereocenters. The highest BCUT2D eigenvalue weighted by molar-refractivity contribution is 5.99. The number of hydrogen-bond acceptors (Lipinski definition) is 6. The summed E-state index contributed by atoms with van der Waals surface area (Å²) in [5, 5.41) is 13.6. The Morgan fingerprint density at radius 3 is 2.57 bits per heavy atom. The van der Waals surface area contributed by atoms with E-state index in [-0.39, 0.29) is 24.7 Å². The number of aliphatic hydroxyl groups is 1. The number of carbonyl (C=O) groups excluding carboxylic acids is 1. The average molecular weight is 390 g/mol. The zero-order valence-electron chi connectivity index (χ0n) is 16.7. The van der Waals surface area contributed by atoms with E-state index in [0.717, 1.165) is 18.4 Å². The number of nitrogens with zero attached hydrogens (tertiary/aromatic N) is 2. The largest absolute Gasteiger partial charge is 0.493 e. The maximum absolute atomic E-state index is 12.2. The van der Waals surface area contributed by atoms with Crippen molar-refractivity contribution in [2.45, 2.75) is 57.7 Å². The van der Waals surface area contributed by atoms with Gasteiger partial charge in [0.1, 0.15) is 0 Å². The van der Waals surface area contributed by atoms with Crippen LogP contribution in [-0.4, -0.2) is 60.6 Å². The van der Waals surface area contributed by atoms with Crippen LogP contribution in [0, 0.1) is 0 Å². The Bertz CT molecular complexity index is 692. The Morgan fingerprint density at radius 1 is 1.18 bits per heavy atom. The second-order valence-electron chi connectivity index (χ2n) is 7.45. The second-order valence-corrected chi connectivity index (χ2v) is 7.45. The molecule has 0 radical (unpaired) electrons. The van der Waals surface area contributed by atoms with Gasteiger partial charge in [-0.1, -0.05) is 5.16 Å². The molecule has 1 amide bonds. The van der Waals surface area contributed by atoms with Crippen LogP contribution in [0.1, 0.15) is 51.0 Å². The number of hydrogen-bond donors (Lipinski definition) is 1. The van der Waals surface area contributed by atoms with Crippen LogP contribution in [0.3, 0.4) is 0 Å². The lowest BCUT2D eigenvalue weighted by Crippen LogP contribution is -2.41. The third-order valence-electron chi connectivity index (χ3n) is 5.38.